The zero-order valence-electron chi connectivity index (χ0n) is 47.3. The number of carbonyl (C=O) groups is 1. The average molecular weight is 1140 g/mol. The third-order valence-corrected chi connectivity index (χ3v) is 25.4. The maximum absolute atomic E-state index is 13.9. The van der Waals surface area contributed by atoms with Crippen LogP contribution in [0.25, 0.3) is 11.0 Å². The Morgan fingerprint density at radius 3 is 2.48 bits per heavy atom. The van der Waals surface area contributed by atoms with Gasteiger partial charge in [-0.25, -0.2) is 0 Å². The lowest BCUT2D eigenvalue weighted by Gasteiger charge is -2.67. The van der Waals surface area contributed by atoms with E-state index in [0.717, 1.165) is 103 Å². The summed E-state index contributed by atoms with van der Waals surface area (Å²) < 4.78 is 32.8. The second-order valence-electron chi connectivity index (χ2n) is 26.5. The molecule has 0 radical (unpaired) electrons. The first-order chi connectivity index (χ1) is 38.0. The van der Waals surface area contributed by atoms with Gasteiger partial charge < -0.3 is 75.1 Å². The molecule has 2 aromatic rings. The Morgan fingerprint density at radius 1 is 0.899 bits per heavy atom. The molecule has 5 saturated carbocycles. The van der Waals surface area contributed by atoms with Gasteiger partial charge in [-0.15, -0.1) is 0 Å². The van der Waals surface area contributed by atoms with Gasteiger partial charge in [0.15, 0.2) is 16.9 Å². The van der Waals surface area contributed by atoms with Crippen LogP contribution in [-0.2, 0) is 20.7 Å². The number of allylic oxidation sites excluding steroid dienone is 1. The van der Waals surface area contributed by atoms with E-state index in [-0.39, 0.29) is 85.4 Å². The van der Waals surface area contributed by atoms with E-state index >= 15 is 0 Å². The van der Waals surface area contributed by atoms with Crippen molar-refractivity contribution in [3.05, 3.63) is 36.1 Å². The molecule has 11 rings (SSSR count). The van der Waals surface area contributed by atoms with Gasteiger partial charge in [0.05, 0.1) is 30.7 Å². The molecule has 79 heavy (non-hydrogen) atoms. The number of benzene rings is 1. The Hall–Kier alpha value is -2.17. The number of ether oxygens (including phenoxy) is 4. The molecule has 20 atom stereocenters. The molecule has 3 spiro atoms. The highest BCUT2D eigenvalue weighted by Gasteiger charge is 2.78. The first-order valence-corrected chi connectivity index (χ1v) is 32.8. The Bertz CT molecular complexity index is 2490. The molecular formula is C61H93N3O13S2. The van der Waals surface area contributed by atoms with Gasteiger partial charge in [-0.3, -0.25) is 4.79 Å². The lowest BCUT2D eigenvalue weighted by molar-refractivity contribution is -0.424. The second kappa shape index (κ2) is 23.4. The molecule has 10 N–H and O–H groups in total. The number of fused-ring (bicyclic) bond motifs is 12. The Morgan fingerprint density at radius 2 is 1.70 bits per heavy atom. The van der Waals surface area contributed by atoms with E-state index in [4.69, 9.17) is 23.4 Å². The Kier molecular flexibility index (Phi) is 17.3. The largest absolute Gasteiger partial charge is 0.485 e. The molecular weight excluding hydrogens is 1050 g/mol. The van der Waals surface area contributed by atoms with Crippen molar-refractivity contribution < 1.29 is 63.9 Å². The number of esters is 1. The van der Waals surface area contributed by atoms with Crippen LogP contribution in [0.3, 0.4) is 0 Å². The summed E-state index contributed by atoms with van der Waals surface area (Å²) in [7, 11) is 7.55. The van der Waals surface area contributed by atoms with Gasteiger partial charge in [0.2, 0.25) is 12.0 Å². The number of hydrogen-bond acceptors (Lipinski definition) is 18. The van der Waals surface area contributed by atoms with E-state index in [1.54, 1.807) is 36.1 Å². The fourth-order valence-corrected chi connectivity index (χ4v) is 22.9. The predicted octanol–water partition coefficient (Wildman–Crippen LogP) is 6.42. The van der Waals surface area contributed by atoms with E-state index in [2.05, 4.69) is 29.9 Å². The molecule has 1 aromatic carbocycles. The average Bonchev–Trinajstić information content (AvgIpc) is 3.13. The minimum Gasteiger partial charge on any atom is -0.485 e. The van der Waals surface area contributed by atoms with Crippen LogP contribution in [0, 0.1) is 58.7 Å². The van der Waals surface area contributed by atoms with Crippen molar-refractivity contribution >= 4 is 38.5 Å². The molecule has 0 amide bonds. The van der Waals surface area contributed by atoms with E-state index in [1.807, 2.05) is 30.0 Å². The zero-order valence-corrected chi connectivity index (χ0v) is 48.9. The van der Waals surface area contributed by atoms with Crippen molar-refractivity contribution in [1.82, 2.24) is 16.0 Å². The SMILES string of the molecule is CCOC(=O)CCc1cc2ccoc2c2c1OC1OC3(CSSC4(CCC5(CCC(CNC)C5)C4C4CCC5CCC(CNC)CC5(O)C4)C(CCC(C)CCCC3O)NCCO2)C2(O)CC3C=CC(O)C(CO)C3C1(O)C2O. The second-order valence-corrected chi connectivity index (χ2v) is 29.1. The smallest absolute Gasteiger partial charge is 0.306 e. The van der Waals surface area contributed by atoms with Crippen molar-refractivity contribution in [3.8, 4) is 11.5 Å². The van der Waals surface area contributed by atoms with Gasteiger partial charge >= 0.3 is 5.97 Å². The molecule has 16 nitrogen and oxygen atoms in total. The lowest BCUT2D eigenvalue weighted by Crippen LogP contribution is -2.86. The predicted molar refractivity (Wildman–Crippen MR) is 304 cm³/mol. The van der Waals surface area contributed by atoms with Crippen molar-refractivity contribution in [2.45, 2.75) is 194 Å². The summed E-state index contributed by atoms with van der Waals surface area (Å²) in [5, 5.41) is 102. The van der Waals surface area contributed by atoms with E-state index in [0.29, 0.717) is 47.3 Å². The summed E-state index contributed by atoms with van der Waals surface area (Å²) >= 11 is 0. The van der Waals surface area contributed by atoms with Crippen molar-refractivity contribution in [2.75, 3.05) is 59.3 Å². The summed E-state index contributed by atoms with van der Waals surface area (Å²) in [6, 6.07) is 3.65. The molecule has 1 aromatic heterocycles. The molecule has 3 aliphatic heterocycles. The summed E-state index contributed by atoms with van der Waals surface area (Å²) in [6.45, 7) is 6.20. The lowest BCUT2D eigenvalue weighted by atomic mass is 9.50. The number of aliphatic hydroxyl groups excluding tert-OH is 4. The highest BCUT2D eigenvalue weighted by atomic mass is 33.1. The highest BCUT2D eigenvalue weighted by Crippen LogP contribution is 2.71. The van der Waals surface area contributed by atoms with Gasteiger partial charge in [0, 0.05) is 53.3 Å². The third-order valence-electron chi connectivity index (χ3n) is 22.1. The van der Waals surface area contributed by atoms with Crippen molar-refractivity contribution in [1.29, 1.82) is 0 Å². The number of rotatable bonds is 10. The van der Waals surface area contributed by atoms with Crippen LogP contribution < -0.4 is 25.4 Å². The maximum atomic E-state index is 13.9. The molecule has 2 saturated heterocycles. The molecule has 4 heterocycles. The van der Waals surface area contributed by atoms with Crippen LogP contribution in [0.5, 0.6) is 11.5 Å². The molecule has 9 aliphatic rings. The third kappa shape index (κ3) is 10.1. The topological polar surface area (TPSA) is 245 Å². The number of carbonyl (C=O) groups excluding carboxylic acids is 1. The van der Waals surface area contributed by atoms with Crippen LogP contribution in [0.2, 0.25) is 0 Å². The number of aliphatic hydroxyl groups is 7. The van der Waals surface area contributed by atoms with Gasteiger partial charge in [0.25, 0.3) is 0 Å². The maximum Gasteiger partial charge on any atom is 0.306 e. The van der Waals surface area contributed by atoms with Gasteiger partial charge in [0.1, 0.15) is 23.9 Å². The van der Waals surface area contributed by atoms with E-state index in [1.165, 1.54) is 0 Å². The fraction of sp³-hybridized carbons (Fsp3) is 0.820. The molecule has 5 bridgehead atoms. The summed E-state index contributed by atoms with van der Waals surface area (Å²) in [4.78, 5) is 13.1. The summed E-state index contributed by atoms with van der Waals surface area (Å²) in [5.41, 5.74) is -6.59. The monoisotopic (exact) mass is 1140 g/mol. The van der Waals surface area contributed by atoms with Crippen LogP contribution in [0.15, 0.2) is 35.0 Å². The minimum absolute atomic E-state index is 0.00925. The van der Waals surface area contributed by atoms with Crippen molar-refractivity contribution in [3.63, 3.8) is 0 Å². The Balaban J connectivity index is 1.09. The van der Waals surface area contributed by atoms with Crippen molar-refractivity contribution in [2.24, 2.45) is 58.7 Å². The van der Waals surface area contributed by atoms with Crippen LogP contribution in [-0.4, -0.2) is 159 Å². The minimum atomic E-state index is -2.50. The standard InChI is InChI=1S/C61H93N3O13S2/c1-5-73-48(68)18-13-39-27-40-20-25-74-50(40)52-51(39)76-55-61(72)49-41(12-16-45(66)44(49)34-65)31-59(71,54(61)69)60(77-55)35-78-79-58(46(64-24-26-75-52)17-9-36(2)7-6-8-47(60)67)23-22-56(21-19-38(28-56)33-63-4)53(58)42-11-15-43-14-10-37(32-62-3)29-57(43,70)30-42/h12,16,20,25,27,36-38,41-47,49,53-55,62-67,69-72H,5-11,13-15,17-19,21-24,26,28-35H2,1-4H3. The van der Waals surface area contributed by atoms with E-state index < -0.39 is 82.1 Å². The normalized spacial score (nSPS) is 45.4. The summed E-state index contributed by atoms with van der Waals surface area (Å²) in [5.74, 6) is -0.905. The number of furan rings is 1. The molecule has 442 valence electrons. The quantitative estimate of drug-likeness (QED) is 0.0701. The zero-order chi connectivity index (χ0) is 55.5. The molecule has 18 heteroatoms. The van der Waals surface area contributed by atoms with Crippen LogP contribution >= 0.6 is 21.6 Å². The summed E-state index contributed by atoms with van der Waals surface area (Å²) in [6.07, 6.45) is 13.2. The van der Waals surface area contributed by atoms with Crippen LogP contribution in [0.4, 0.5) is 0 Å². The first-order valence-electron chi connectivity index (χ1n) is 30.5. The number of aryl methyl sites for hydroxylation is 1. The van der Waals surface area contributed by atoms with Gasteiger partial charge in [-0.05, 0) is 201 Å². The van der Waals surface area contributed by atoms with Gasteiger partial charge in [-0.1, -0.05) is 53.5 Å². The first kappa shape index (κ1) is 58.6. The molecule has 20 unspecified atom stereocenters. The highest BCUT2D eigenvalue weighted by molar-refractivity contribution is 8.77. The molecule has 7 fully saturated rings. The van der Waals surface area contributed by atoms with E-state index in [9.17, 15) is 40.5 Å². The molecule has 6 aliphatic carbocycles. The number of nitrogens with one attached hydrogen (secondary N) is 3. The Labute approximate surface area is 475 Å². The fourth-order valence-electron chi connectivity index (χ4n) is 18.6. The van der Waals surface area contributed by atoms with Crippen LogP contribution in [0.1, 0.15) is 135 Å². The number of hydrogen-bond donors (Lipinski definition) is 10. The van der Waals surface area contributed by atoms with Gasteiger partial charge in [-0.2, -0.15) is 0 Å².